The van der Waals surface area contributed by atoms with Gasteiger partial charge in [0.05, 0.1) is 12.7 Å². The molecule has 0 spiro atoms. The number of aromatic nitrogens is 2. The number of methoxy groups -OCH3 is 1. The van der Waals surface area contributed by atoms with Crippen LogP contribution in [-0.2, 0) is 4.79 Å². The molecule has 1 N–H and O–H groups in total. The molecule has 0 atom stereocenters. The second kappa shape index (κ2) is 9.43. The van der Waals surface area contributed by atoms with Gasteiger partial charge in [-0.25, -0.2) is 0 Å². The number of rotatable bonds is 9. The highest BCUT2D eigenvalue weighted by molar-refractivity contribution is 7.15. The molecule has 7 heteroatoms. The molecule has 0 radical (unpaired) electrons. The van der Waals surface area contributed by atoms with Gasteiger partial charge in [0.2, 0.25) is 11.0 Å². The van der Waals surface area contributed by atoms with E-state index in [9.17, 15) is 9.59 Å². The summed E-state index contributed by atoms with van der Waals surface area (Å²) in [6.45, 7) is 6.13. The van der Waals surface area contributed by atoms with E-state index < -0.39 is 0 Å². The topological polar surface area (TPSA) is 81.2 Å². The van der Waals surface area contributed by atoms with Gasteiger partial charge >= 0.3 is 0 Å². The largest absolute Gasteiger partial charge is 0.496 e. The summed E-state index contributed by atoms with van der Waals surface area (Å²) in [6, 6.07) is 5.43. The molecule has 140 valence electrons. The van der Waals surface area contributed by atoms with Crippen LogP contribution in [0.5, 0.6) is 5.75 Å². The molecule has 0 aliphatic carbocycles. The lowest BCUT2D eigenvalue weighted by Gasteiger charge is -2.08. The fourth-order valence-electron chi connectivity index (χ4n) is 2.67. The lowest BCUT2D eigenvalue weighted by atomic mass is 10.0. The maximum absolute atomic E-state index is 12.4. The number of Topliss-reactive ketones (excluding diaryl/α,β-unsaturated/α-hetero) is 1. The van der Waals surface area contributed by atoms with Gasteiger partial charge in [0.1, 0.15) is 10.8 Å². The average Bonchev–Trinajstić information content (AvgIpc) is 3.08. The number of benzene rings is 1. The van der Waals surface area contributed by atoms with Crippen LogP contribution < -0.4 is 10.1 Å². The number of hydrogen-bond donors (Lipinski definition) is 1. The Labute approximate surface area is 158 Å². The van der Waals surface area contributed by atoms with Crippen LogP contribution in [0.25, 0.3) is 0 Å². The van der Waals surface area contributed by atoms with E-state index in [-0.39, 0.29) is 24.5 Å². The van der Waals surface area contributed by atoms with Crippen LogP contribution >= 0.6 is 11.3 Å². The van der Waals surface area contributed by atoms with E-state index >= 15 is 0 Å². The Balaban J connectivity index is 1.93. The number of nitrogens with one attached hydrogen (secondary N) is 1. The van der Waals surface area contributed by atoms with Gasteiger partial charge in [-0.05, 0) is 31.9 Å². The van der Waals surface area contributed by atoms with Gasteiger partial charge in [0.15, 0.2) is 5.78 Å². The van der Waals surface area contributed by atoms with Crippen molar-refractivity contribution in [3.8, 4) is 5.75 Å². The molecule has 0 saturated carbocycles. The number of ether oxygens (including phenoxy) is 1. The van der Waals surface area contributed by atoms with Crippen molar-refractivity contribution < 1.29 is 14.3 Å². The zero-order valence-corrected chi connectivity index (χ0v) is 16.5. The van der Waals surface area contributed by atoms with Crippen molar-refractivity contribution >= 4 is 28.2 Å². The minimum atomic E-state index is -0.239. The Kier molecular flexibility index (Phi) is 7.26. The Morgan fingerprint density at radius 3 is 2.58 bits per heavy atom. The molecule has 0 aliphatic rings. The van der Waals surface area contributed by atoms with Crippen LogP contribution in [0.2, 0.25) is 0 Å². The van der Waals surface area contributed by atoms with Crippen molar-refractivity contribution in [3.63, 3.8) is 0 Å². The first-order valence-electron chi connectivity index (χ1n) is 8.79. The predicted octanol–water partition coefficient (Wildman–Crippen LogP) is 4.36. The first-order valence-corrected chi connectivity index (χ1v) is 9.61. The Hall–Kier alpha value is -2.28. The van der Waals surface area contributed by atoms with Crippen LogP contribution in [0.1, 0.15) is 66.4 Å². The number of aryl methyl sites for hydroxylation is 1. The second-order valence-electron chi connectivity index (χ2n) is 6.13. The van der Waals surface area contributed by atoms with Crippen molar-refractivity contribution in [2.24, 2.45) is 0 Å². The Bertz CT molecular complexity index is 769. The SMILES string of the molecule is CCC(CC)c1nnc(NC(=O)CCC(=O)c2cc(C)ccc2OC)s1. The lowest BCUT2D eigenvalue weighted by Crippen LogP contribution is -2.13. The number of amides is 1. The quantitative estimate of drug-likeness (QED) is 0.659. The third kappa shape index (κ3) is 5.11. The molecule has 0 saturated heterocycles. The number of nitrogens with zero attached hydrogens (tertiary/aromatic N) is 2. The van der Waals surface area contributed by atoms with E-state index in [1.165, 1.54) is 18.4 Å². The molecule has 2 rings (SSSR count). The fraction of sp³-hybridized carbons (Fsp3) is 0.474. The molecule has 0 aliphatic heterocycles. The van der Waals surface area contributed by atoms with Gasteiger partial charge in [-0.3, -0.25) is 9.59 Å². The molecule has 2 aromatic rings. The molecule has 6 nitrogen and oxygen atoms in total. The van der Waals surface area contributed by atoms with Crippen LogP contribution in [0, 0.1) is 6.92 Å². The summed E-state index contributed by atoms with van der Waals surface area (Å²) in [5.74, 6) is 0.543. The third-order valence-electron chi connectivity index (χ3n) is 4.26. The Morgan fingerprint density at radius 2 is 1.92 bits per heavy atom. The van der Waals surface area contributed by atoms with Gasteiger partial charge in [-0.1, -0.05) is 36.8 Å². The minimum absolute atomic E-state index is 0.0931. The molecule has 26 heavy (non-hydrogen) atoms. The van der Waals surface area contributed by atoms with Crippen LogP contribution in [0.4, 0.5) is 5.13 Å². The first-order chi connectivity index (χ1) is 12.5. The molecule has 1 aromatic carbocycles. The number of carbonyl (C=O) groups is 2. The molecular weight excluding hydrogens is 350 g/mol. The maximum Gasteiger partial charge on any atom is 0.226 e. The van der Waals surface area contributed by atoms with Gasteiger partial charge in [-0.2, -0.15) is 0 Å². The maximum atomic E-state index is 12.4. The summed E-state index contributed by atoms with van der Waals surface area (Å²) in [5, 5.41) is 12.3. The highest BCUT2D eigenvalue weighted by atomic mass is 32.1. The standard InChI is InChI=1S/C19H25N3O3S/c1-5-13(6-2)18-21-22-19(26-18)20-17(24)10-8-15(23)14-11-12(3)7-9-16(14)25-4/h7,9,11,13H,5-6,8,10H2,1-4H3,(H,20,22,24). The summed E-state index contributed by atoms with van der Waals surface area (Å²) in [7, 11) is 1.53. The van der Waals surface area contributed by atoms with E-state index in [1.807, 2.05) is 13.0 Å². The lowest BCUT2D eigenvalue weighted by molar-refractivity contribution is -0.116. The van der Waals surface area contributed by atoms with Crippen molar-refractivity contribution in [3.05, 3.63) is 34.3 Å². The van der Waals surface area contributed by atoms with E-state index in [1.54, 1.807) is 12.1 Å². The van der Waals surface area contributed by atoms with Crippen molar-refractivity contribution in [2.45, 2.75) is 52.4 Å². The van der Waals surface area contributed by atoms with Crippen LogP contribution in [-0.4, -0.2) is 29.0 Å². The normalized spacial score (nSPS) is 10.8. The summed E-state index contributed by atoms with van der Waals surface area (Å²) >= 11 is 1.40. The van der Waals surface area contributed by atoms with Crippen molar-refractivity contribution in [1.82, 2.24) is 10.2 Å². The predicted molar refractivity (Wildman–Crippen MR) is 103 cm³/mol. The first kappa shape index (κ1) is 20.0. The number of carbonyl (C=O) groups excluding carboxylic acids is 2. The van der Waals surface area contributed by atoms with Crippen molar-refractivity contribution in [1.29, 1.82) is 0 Å². The number of hydrogen-bond acceptors (Lipinski definition) is 6. The van der Waals surface area contributed by atoms with Gasteiger partial charge in [0, 0.05) is 18.8 Å². The molecule has 1 amide bonds. The second-order valence-corrected chi connectivity index (χ2v) is 7.14. The van der Waals surface area contributed by atoms with Crippen LogP contribution in [0.3, 0.4) is 0 Å². The highest BCUT2D eigenvalue weighted by Crippen LogP contribution is 2.28. The van der Waals surface area contributed by atoms with E-state index in [4.69, 9.17) is 4.74 Å². The number of ketones is 1. The fourth-order valence-corrected chi connectivity index (χ4v) is 3.70. The molecule has 1 heterocycles. The zero-order valence-electron chi connectivity index (χ0n) is 15.7. The Morgan fingerprint density at radius 1 is 1.19 bits per heavy atom. The van der Waals surface area contributed by atoms with E-state index in [2.05, 4.69) is 29.4 Å². The zero-order chi connectivity index (χ0) is 19.1. The molecule has 0 fully saturated rings. The monoisotopic (exact) mass is 375 g/mol. The van der Waals surface area contributed by atoms with E-state index in [0.717, 1.165) is 23.4 Å². The summed E-state index contributed by atoms with van der Waals surface area (Å²) in [4.78, 5) is 24.6. The summed E-state index contributed by atoms with van der Waals surface area (Å²) in [6.07, 6.45) is 2.19. The minimum Gasteiger partial charge on any atom is -0.496 e. The average molecular weight is 375 g/mol. The highest BCUT2D eigenvalue weighted by Gasteiger charge is 2.17. The number of anilines is 1. The molecule has 0 bridgehead atoms. The van der Waals surface area contributed by atoms with E-state index in [0.29, 0.717) is 22.4 Å². The smallest absolute Gasteiger partial charge is 0.226 e. The van der Waals surface area contributed by atoms with Crippen LogP contribution in [0.15, 0.2) is 18.2 Å². The molecular formula is C19H25N3O3S. The summed E-state index contributed by atoms with van der Waals surface area (Å²) in [5.41, 5.74) is 1.48. The summed E-state index contributed by atoms with van der Waals surface area (Å²) < 4.78 is 5.23. The molecule has 0 unspecified atom stereocenters. The van der Waals surface area contributed by atoms with Crippen molar-refractivity contribution in [2.75, 3.05) is 12.4 Å². The van der Waals surface area contributed by atoms with Gasteiger partial charge in [0.25, 0.3) is 0 Å². The third-order valence-corrected chi connectivity index (χ3v) is 5.26. The van der Waals surface area contributed by atoms with Gasteiger partial charge < -0.3 is 10.1 Å². The molecule has 1 aromatic heterocycles. The van der Waals surface area contributed by atoms with Gasteiger partial charge in [-0.15, -0.1) is 10.2 Å².